The maximum absolute atomic E-state index is 12.6. The van der Waals surface area contributed by atoms with Gasteiger partial charge in [0.05, 0.1) is 45.4 Å². The number of hydrogen-bond donors (Lipinski definition) is 2. The fraction of sp³-hybridized carbons (Fsp3) is 0.133. The monoisotopic (exact) mass is 527 g/mol. The highest BCUT2D eigenvalue weighted by atomic mass is 16.5. The van der Waals surface area contributed by atoms with Gasteiger partial charge in [0.1, 0.15) is 0 Å². The number of methoxy groups -OCH3 is 4. The molecule has 1 heterocycles. The normalized spacial score (nSPS) is 10.7. The zero-order valence-corrected chi connectivity index (χ0v) is 22.1. The van der Waals surface area contributed by atoms with Gasteiger partial charge in [0.2, 0.25) is 11.6 Å². The Morgan fingerprint density at radius 2 is 1.44 bits per heavy atom. The van der Waals surface area contributed by atoms with Crippen LogP contribution >= 0.6 is 0 Å². The molecule has 0 radical (unpaired) electrons. The van der Waals surface area contributed by atoms with Crippen LogP contribution in [0.2, 0.25) is 0 Å². The molecule has 4 rings (SSSR count). The number of nitrogens with two attached hydrogens (primary N) is 1. The number of nitrogens with one attached hydrogen (secondary N) is 1. The first-order valence-electron chi connectivity index (χ1n) is 11.9. The maximum Gasteiger partial charge on any atom is 0.257 e. The molecule has 9 nitrogen and oxygen atoms in total. The fourth-order valence-corrected chi connectivity index (χ4v) is 3.76. The third kappa shape index (κ3) is 6.40. The van der Waals surface area contributed by atoms with Crippen LogP contribution in [0.1, 0.15) is 21.5 Å². The highest BCUT2D eigenvalue weighted by molar-refractivity contribution is 6.05. The summed E-state index contributed by atoms with van der Waals surface area (Å²) in [5.41, 5.74) is 8.99. The van der Waals surface area contributed by atoms with Gasteiger partial charge >= 0.3 is 0 Å². The molecular weight excluding hydrogens is 498 g/mol. The van der Waals surface area contributed by atoms with Crippen molar-refractivity contribution in [1.82, 2.24) is 4.98 Å². The standard InChI is InChI=1S/C30H29N3O6/c1-35-24-13-11-19(9-10-20-16-26(36-2)29(38-4)27(17-20)37-3)15-25(24)39-28-14-12-21(18-32-28)30(34)33-23-8-6-5-7-22(23)31/h5-18H,31H2,1-4H3,(H,33,34)/b10-9-. The molecule has 0 saturated heterocycles. The van der Waals surface area contributed by atoms with Crippen molar-refractivity contribution in [3.05, 3.63) is 89.6 Å². The quantitative estimate of drug-likeness (QED) is 0.193. The zero-order chi connectivity index (χ0) is 27.8. The Kier molecular flexibility index (Phi) is 8.53. The van der Waals surface area contributed by atoms with Crippen LogP contribution in [0.4, 0.5) is 11.4 Å². The lowest BCUT2D eigenvalue weighted by molar-refractivity contribution is 0.102. The number of aromatic nitrogens is 1. The predicted molar refractivity (Wildman–Crippen MR) is 151 cm³/mol. The molecule has 200 valence electrons. The molecule has 0 aliphatic heterocycles. The summed E-state index contributed by atoms with van der Waals surface area (Å²) in [7, 11) is 6.27. The number of para-hydroxylation sites is 2. The van der Waals surface area contributed by atoms with E-state index in [0.717, 1.165) is 11.1 Å². The lowest BCUT2D eigenvalue weighted by atomic mass is 10.1. The van der Waals surface area contributed by atoms with Gasteiger partial charge in [0, 0.05) is 12.3 Å². The van der Waals surface area contributed by atoms with Crippen LogP contribution in [0, 0.1) is 0 Å². The van der Waals surface area contributed by atoms with E-state index < -0.39 is 0 Å². The van der Waals surface area contributed by atoms with E-state index in [-0.39, 0.29) is 5.91 Å². The molecule has 0 atom stereocenters. The minimum absolute atomic E-state index is 0.301. The molecule has 0 spiro atoms. The molecule has 1 amide bonds. The van der Waals surface area contributed by atoms with Crippen molar-refractivity contribution in [3.63, 3.8) is 0 Å². The van der Waals surface area contributed by atoms with E-state index in [1.807, 2.05) is 36.4 Å². The fourth-order valence-electron chi connectivity index (χ4n) is 3.76. The van der Waals surface area contributed by atoms with Crippen molar-refractivity contribution in [2.75, 3.05) is 39.5 Å². The summed E-state index contributed by atoms with van der Waals surface area (Å²) in [5.74, 6) is 2.61. The first kappa shape index (κ1) is 26.9. The average Bonchev–Trinajstić information content (AvgIpc) is 2.97. The number of nitrogen functional groups attached to an aromatic ring is 1. The second-order valence-electron chi connectivity index (χ2n) is 8.23. The Bertz CT molecular complexity index is 1460. The summed E-state index contributed by atoms with van der Waals surface area (Å²) in [6.07, 6.45) is 5.27. The van der Waals surface area contributed by atoms with Crippen molar-refractivity contribution in [2.24, 2.45) is 0 Å². The predicted octanol–water partition coefficient (Wildman–Crippen LogP) is 5.91. The number of anilines is 2. The van der Waals surface area contributed by atoms with E-state index in [0.29, 0.717) is 51.6 Å². The largest absolute Gasteiger partial charge is 0.493 e. The first-order valence-corrected chi connectivity index (χ1v) is 11.9. The number of ether oxygens (including phenoxy) is 5. The van der Waals surface area contributed by atoms with Gasteiger partial charge in [-0.3, -0.25) is 4.79 Å². The topological polar surface area (TPSA) is 114 Å². The number of pyridine rings is 1. The van der Waals surface area contributed by atoms with Gasteiger partial charge < -0.3 is 34.7 Å². The Morgan fingerprint density at radius 3 is 2.05 bits per heavy atom. The molecule has 1 aromatic heterocycles. The van der Waals surface area contributed by atoms with Crippen molar-refractivity contribution in [1.29, 1.82) is 0 Å². The molecule has 39 heavy (non-hydrogen) atoms. The van der Waals surface area contributed by atoms with E-state index in [1.54, 1.807) is 70.9 Å². The van der Waals surface area contributed by atoms with Crippen molar-refractivity contribution in [3.8, 4) is 34.6 Å². The van der Waals surface area contributed by atoms with Crippen LogP contribution in [-0.2, 0) is 0 Å². The minimum atomic E-state index is -0.330. The van der Waals surface area contributed by atoms with Crippen molar-refractivity contribution < 1.29 is 28.5 Å². The molecule has 3 N–H and O–H groups in total. The number of rotatable bonds is 10. The average molecular weight is 528 g/mol. The number of benzene rings is 3. The SMILES string of the molecule is COc1ccc(/C=C\c2cc(OC)c(OC)c(OC)c2)cc1Oc1ccc(C(=O)Nc2ccccc2N)cn1. The van der Waals surface area contributed by atoms with Gasteiger partial charge in [-0.2, -0.15) is 0 Å². The van der Waals surface area contributed by atoms with Gasteiger partial charge in [0.15, 0.2) is 23.0 Å². The summed E-state index contributed by atoms with van der Waals surface area (Å²) in [6, 6.07) is 19.5. The molecule has 0 saturated carbocycles. The smallest absolute Gasteiger partial charge is 0.257 e. The third-order valence-corrected chi connectivity index (χ3v) is 5.77. The van der Waals surface area contributed by atoms with Gasteiger partial charge in [-0.25, -0.2) is 4.98 Å². The molecule has 3 aromatic carbocycles. The summed E-state index contributed by atoms with van der Waals surface area (Å²) in [5, 5.41) is 2.77. The second kappa shape index (κ2) is 12.4. The molecule has 4 aromatic rings. The van der Waals surface area contributed by atoms with E-state index in [1.165, 1.54) is 6.20 Å². The lowest BCUT2D eigenvalue weighted by Crippen LogP contribution is -2.13. The highest BCUT2D eigenvalue weighted by Crippen LogP contribution is 2.39. The van der Waals surface area contributed by atoms with Gasteiger partial charge in [-0.1, -0.05) is 30.4 Å². The Labute approximate surface area is 226 Å². The number of nitrogens with zero attached hydrogens (tertiary/aromatic N) is 1. The van der Waals surface area contributed by atoms with Gasteiger partial charge in [0.25, 0.3) is 5.91 Å². The van der Waals surface area contributed by atoms with Gasteiger partial charge in [-0.05, 0) is 53.6 Å². The van der Waals surface area contributed by atoms with Crippen LogP contribution in [0.25, 0.3) is 12.2 Å². The van der Waals surface area contributed by atoms with Gasteiger partial charge in [-0.15, -0.1) is 0 Å². The number of amides is 1. The van der Waals surface area contributed by atoms with E-state index in [2.05, 4.69) is 10.3 Å². The summed E-state index contributed by atoms with van der Waals surface area (Å²) in [6.45, 7) is 0. The molecule has 0 bridgehead atoms. The van der Waals surface area contributed by atoms with E-state index in [9.17, 15) is 4.79 Å². The molecule has 0 unspecified atom stereocenters. The van der Waals surface area contributed by atoms with E-state index >= 15 is 0 Å². The minimum Gasteiger partial charge on any atom is -0.493 e. The number of carbonyl (C=O) groups excluding carboxylic acids is 1. The molecular formula is C30H29N3O6. The van der Waals surface area contributed by atoms with Crippen LogP contribution in [0.15, 0.2) is 72.9 Å². The third-order valence-electron chi connectivity index (χ3n) is 5.77. The summed E-state index contributed by atoms with van der Waals surface area (Å²) >= 11 is 0. The van der Waals surface area contributed by atoms with Crippen LogP contribution in [0.3, 0.4) is 0 Å². The van der Waals surface area contributed by atoms with E-state index in [4.69, 9.17) is 29.4 Å². The molecule has 0 aliphatic rings. The molecule has 0 fully saturated rings. The van der Waals surface area contributed by atoms with Crippen molar-refractivity contribution in [2.45, 2.75) is 0 Å². The Morgan fingerprint density at radius 1 is 0.769 bits per heavy atom. The zero-order valence-electron chi connectivity index (χ0n) is 22.1. The van der Waals surface area contributed by atoms with Crippen molar-refractivity contribution >= 4 is 29.4 Å². The Balaban J connectivity index is 1.51. The highest BCUT2D eigenvalue weighted by Gasteiger charge is 2.13. The summed E-state index contributed by atoms with van der Waals surface area (Å²) in [4.78, 5) is 16.9. The lowest BCUT2D eigenvalue weighted by Gasteiger charge is -2.13. The summed E-state index contributed by atoms with van der Waals surface area (Å²) < 4.78 is 27.7. The number of hydrogen-bond acceptors (Lipinski definition) is 8. The Hall–Kier alpha value is -5.18. The van der Waals surface area contributed by atoms with Crippen LogP contribution < -0.4 is 34.7 Å². The van der Waals surface area contributed by atoms with Crippen LogP contribution in [-0.4, -0.2) is 39.3 Å². The number of carbonyl (C=O) groups is 1. The molecule has 0 aliphatic carbocycles. The maximum atomic E-state index is 12.6. The molecule has 9 heteroatoms. The first-order chi connectivity index (χ1) is 18.9. The second-order valence-corrected chi connectivity index (χ2v) is 8.23. The van der Waals surface area contributed by atoms with Crippen LogP contribution in [0.5, 0.6) is 34.6 Å².